The molecule has 0 atom stereocenters. The number of nitrogens with zero attached hydrogens (tertiary/aromatic N) is 1. The van der Waals surface area contributed by atoms with Gasteiger partial charge in [0.1, 0.15) is 5.15 Å². The van der Waals surface area contributed by atoms with Crippen LogP contribution in [0.4, 0.5) is 5.69 Å². The molecule has 2 N–H and O–H groups in total. The number of fused-ring (bicyclic) bond motifs is 1. The summed E-state index contributed by atoms with van der Waals surface area (Å²) in [6.45, 7) is 0. The van der Waals surface area contributed by atoms with E-state index in [1.165, 1.54) is 0 Å². The van der Waals surface area contributed by atoms with Crippen LogP contribution in [0.1, 0.15) is 0 Å². The van der Waals surface area contributed by atoms with Gasteiger partial charge in [-0.3, -0.25) is 0 Å². The first kappa shape index (κ1) is 8.78. The molecule has 0 aliphatic rings. The second-order valence-electron chi connectivity index (χ2n) is 2.66. The van der Waals surface area contributed by atoms with Crippen molar-refractivity contribution in [1.29, 1.82) is 0 Å². The molecule has 0 saturated carbocycles. The Bertz CT molecular complexity index is 462. The van der Waals surface area contributed by atoms with E-state index in [1.807, 2.05) is 18.2 Å². The van der Waals surface area contributed by atoms with Crippen LogP contribution in [0.2, 0.25) is 5.15 Å². The molecule has 0 fully saturated rings. The fourth-order valence-electron chi connectivity index (χ4n) is 1.24. The summed E-state index contributed by atoms with van der Waals surface area (Å²) < 4.78 is 0.912. The predicted octanol–water partition coefficient (Wildman–Crippen LogP) is 3.23. The van der Waals surface area contributed by atoms with Gasteiger partial charge in [0.2, 0.25) is 0 Å². The van der Waals surface area contributed by atoms with E-state index in [1.54, 1.807) is 6.20 Å². The van der Waals surface area contributed by atoms with Crippen LogP contribution in [-0.4, -0.2) is 4.98 Å². The van der Waals surface area contributed by atoms with E-state index in [0.29, 0.717) is 10.8 Å². The molecule has 0 spiro atoms. The minimum Gasteiger partial charge on any atom is -0.398 e. The molecule has 4 heteroatoms. The Hall–Kier alpha value is -0.800. The first-order valence-corrected chi connectivity index (χ1v) is 4.85. The molecular weight excluding hydrogens is 251 g/mol. The van der Waals surface area contributed by atoms with Crippen molar-refractivity contribution in [3.63, 3.8) is 0 Å². The number of anilines is 1. The number of hydrogen-bond acceptors (Lipinski definition) is 2. The highest BCUT2D eigenvalue weighted by Crippen LogP contribution is 2.32. The van der Waals surface area contributed by atoms with Gasteiger partial charge in [0.25, 0.3) is 0 Å². The predicted molar refractivity (Wildman–Crippen MR) is 58.9 cm³/mol. The Morgan fingerprint density at radius 1 is 1.31 bits per heavy atom. The Balaban J connectivity index is 3.00. The standard InChI is InChI=1S/C9H6BrClN2/c10-6-1-2-7(12)5-3-4-13-9(11)8(5)6/h1-4H,12H2. The second-order valence-corrected chi connectivity index (χ2v) is 3.87. The van der Waals surface area contributed by atoms with Crippen LogP contribution in [0.25, 0.3) is 10.8 Å². The van der Waals surface area contributed by atoms with Crippen molar-refractivity contribution in [2.24, 2.45) is 0 Å². The highest BCUT2D eigenvalue weighted by molar-refractivity contribution is 9.10. The normalized spacial score (nSPS) is 10.6. The number of rotatable bonds is 0. The summed E-state index contributed by atoms with van der Waals surface area (Å²) in [4.78, 5) is 3.99. The van der Waals surface area contributed by atoms with Crippen LogP contribution in [0.15, 0.2) is 28.9 Å². The Labute approximate surface area is 88.8 Å². The Morgan fingerprint density at radius 3 is 2.77 bits per heavy atom. The number of aromatic nitrogens is 1. The zero-order chi connectivity index (χ0) is 9.42. The number of nitrogens with two attached hydrogens (primary N) is 1. The number of hydrogen-bond donors (Lipinski definition) is 1. The van der Waals surface area contributed by atoms with Gasteiger partial charge >= 0.3 is 0 Å². The summed E-state index contributed by atoms with van der Waals surface area (Å²) in [6, 6.07) is 5.55. The zero-order valence-electron chi connectivity index (χ0n) is 6.59. The lowest BCUT2D eigenvalue weighted by atomic mass is 10.1. The maximum atomic E-state index is 5.94. The van der Waals surface area contributed by atoms with Crippen molar-refractivity contribution in [3.8, 4) is 0 Å². The minimum atomic E-state index is 0.469. The number of nitrogen functional groups attached to an aromatic ring is 1. The molecule has 0 saturated heterocycles. The molecule has 13 heavy (non-hydrogen) atoms. The van der Waals surface area contributed by atoms with Gasteiger partial charge in [-0.15, -0.1) is 0 Å². The fourth-order valence-corrected chi connectivity index (χ4v) is 2.15. The van der Waals surface area contributed by atoms with Crippen molar-refractivity contribution >= 4 is 44.0 Å². The van der Waals surface area contributed by atoms with Crippen LogP contribution >= 0.6 is 27.5 Å². The molecule has 1 aromatic heterocycles. The van der Waals surface area contributed by atoms with Crippen molar-refractivity contribution in [2.45, 2.75) is 0 Å². The smallest absolute Gasteiger partial charge is 0.138 e. The lowest BCUT2D eigenvalue weighted by Crippen LogP contribution is -1.88. The number of pyridine rings is 1. The summed E-state index contributed by atoms with van der Waals surface area (Å²) in [7, 11) is 0. The molecule has 0 aliphatic heterocycles. The summed E-state index contributed by atoms with van der Waals surface area (Å²) in [5, 5.41) is 2.26. The third-order valence-corrected chi connectivity index (χ3v) is 2.81. The molecule has 0 aliphatic carbocycles. The maximum Gasteiger partial charge on any atom is 0.138 e. The van der Waals surface area contributed by atoms with Crippen LogP contribution < -0.4 is 5.73 Å². The van der Waals surface area contributed by atoms with E-state index in [2.05, 4.69) is 20.9 Å². The van der Waals surface area contributed by atoms with Crippen molar-refractivity contribution in [1.82, 2.24) is 4.98 Å². The van der Waals surface area contributed by atoms with Crippen LogP contribution in [0.3, 0.4) is 0 Å². The molecule has 0 radical (unpaired) electrons. The van der Waals surface area contributed by atoms with Crippen molar-refractivity contribution in [2.75, 3.05) is 5.73 Å². The molecule has 1 heterocycles. The SMILES string of the molecule is Nc1ccc(Br)c2c(Cl)nccc12. The minimum absolute atomic E-state index is 0.469. The second kappa shape index (κ2) is 3.16. The lowest BCUT2D eigenvalue weighted by molar-refractivity contribution is 1.36. The lowest BCUT2D eigenvalue weighted by Gasteiger charge is -2.04. The Morgan fingerprint density at radius 2 is 2.08 bits per heavy atom. The van der Waals surface area contributed by atoms with Crippen molar-refractivity contribution in [3.05, 3.63) is 34.0 Å². The first-order chi connectivity index (χ1) is 6.20. The van der Waals surface area contributed by atoms with Gasteiger partial charge in [0.15, 0.2) is 0 Å². The van der Waals surface area contributed by atoms with Crippen LogP contribution in [0.5, 0.6) is 0 Å². The third-order valence-electron chi connectivity index (χ3n) is 1.86. The third kappa shape index (κ3) is 1.38. The molecule has 2 rings (SSSR count). The molecule has 0 bridgehead atoms. The molecule has 2 aromatic rings. The van der Waals surface area contributed by atoms with E-state index in [0.717, 1.165) is 15.2 Å². The van der Waals surface area contributed by atoms with Gasteiger partial charge < -0.3 is 5.73 Å². The number of halogens is 2. The van der Waals surface area contributed by atoms with E-state index in [9.17, 15) is 0 Å². The summed E-state index contributed by atoms with van der Waals surface area (Å²) >= 11 is 9.34. The van der Waals surface area contributed by atoms with E-state index < -0.39 is 0 Å². The van der Waals surface area contributed by atoms with E-state index in [4.69, 9.17) is 17.3 Å². The van der Waals surface area contributed by atoms with Gasteiger partial charge in [-0.05, 0) is 18.2 Å². The zero-order valence-corrected chi connectivity index (χ0v) is 8.93. The van der Waals surface area contributed by atoms with E-state index in [-0.39, 0.29) is 0 Å². The van der Waals surface area contributed by atoms with Gasteiger partial charge in [0.05, 0.1) is 0 Å². The van der Waals surface area contributed by atoms with Gasteiger partial charge in [-0.1, -0.05) is 27.5 Å². The van der Waals surface area contributed by atoms with Gasteiger partial charge in [-0.2, -0.15) is 0 Å². The van der Waals surface area contributed by atoms with Crippen molar-refractivity contribution < 1.29 is 0 Å². The van der Waals surface area contributed by atoms with Gasteiger partial charge in [-0.25, -0.2) is 4.98 Å². The van der Waals surface area contributed by atoms with Crippen LogP contribution in [0, 0.1) is 0 Å². The highest BCUT2D eigenvalue weighted by Gasteiger charge is 2.05. The molecular formula is C9H6BrClN2. The monoisotopic (exact) mass is 256 g/mol. The molecule has 0 unspecified atom stereocenters. The van der Waals surface area contributed by atoms with E-state index >= 15 is 0 Å². The molecule has 0 amide bonds. The molecule has 1 aromatic carbocycles. The Kier molecular flexibility index (Phi) is 2.14. The maximum absolute atomic E-state index is 5.94. The fraction of sp³-hybridized carbons (Fsp3) is 0. The van der Waals surface area contributed by atoms with Gasteiger partial charge in [0, 0.05) is 27.1 Å². The number of benzene rings is 1. The molecule has 66 valence electrons. The topological polar surface area (TPSA) is 38.9 Å². The summed E-state index contributed by atoms with van der Waals surface area (Å²) in [5.41, 5.74) is 6.50. The largest absolute Gasteiger partial charge is 0.398 e. The molecule has 2 nitrogen and oxygen atoms in total. The summed E-state index contributed by atoms with van der Waals surface area (Å²) in [6.07, 6.45) is 1.65. The average Bonchev–Trinajstić information content (AvgIpc) is 2.12. The first-order valence-electron chi connectivity index (χ1n) is 3.68. The summed E-state index contributed by atoms with van der Waals surface area (Å²) in [5.74, 6) is 0. The quantitative estimate of drug-likeness (QED) is 0.581. The van der Waals surface area contributed by atoms with Crippen LogP contribution in [-0.2, 0) is 0 Å². The average molecular weight is 258 g/mol. The highest BCUT2D eigenvalue weighted by atomic mass is 79.9.